The lowest BCUT2D eigenvalue weighted by atomic mass is 9.96. The molecule has 3 aromatic rings. The first-order valence-corrected chi connectivity index (χ1v) is 11.7. The topological polar surface area (TPSA) is 122 Å². The van der Waals surface area contributed by atoms with Crippen LogP contribution in [0.15, 0.2) is 40.9 Å². The number of carbonyl (C=O) groups excluding carboxylic acids is 1. The smallest absolute Gasteiger partial charge is 0.271 e. The van der Waals surface area contributed by atoms with Crippen LogP contribution in [0.1, 0.15) is 46.3 Å². The second kappa shape index (κ2) is 10.7. The minimum atomic E-state index is -0.653. The molecule has 1 aliphatic heterocycles. The summed E-state index contributed by atoms with van der Waals surface area (Å²) in [5, 5.41) is 24.3. The summed E-state index contributed by atoms with van der Waals surface area (Å²) < 4.78 is 10.9. The van der Waals surface area contributed by atoms with Gasteiger partial charge in [0.15, 0.2) is 5.69 Å². The van der Waals surface area contributed by atoms with E-state index in [1.165, 1.54) is 11.6 Å². The van der Waals surface area contributed by atoms with Crippen molar-refractivity contribution in [2.75, 3.05) is 26.3 Å². The number of ether oxygens (including phenoxy) is 1. The molecular weight excluding hydrogens is 434 g/mol. The number of carbonyl (C=O) groups is 1. The summed E-state index contributed by atoms with van der Waals surface area (Å²) in [5.74, 6) is -0.00278. The minimum absolute atomic E-state index is 0.0287. The van der Waals surface area contributed by atoms with E-state index in [2.05, 4.69) is 10.1 Å². The molecule has 1 aliphatic rings. The fourth-order valence-electron chi connectivity index (χ4n) is 4.35. The molecule has 0 bridgehead atoms. The number of nitrogens with zero attached hydrogens (tertiary/aromatic N) is 2. The Kier molecular flexibility index (Phi) is 7.49. The van der Waals surface area contributed by atoms with E-state index in [4.69, 9.17) is 15.0 Å². The lowest BCUT2D eigenvalue weighted by Gasteiger charge is -2.26. The van der Waals surface area contributed by atoms with Crippen LogP contribution in [0.4, 0.5) is 0 Å². The molecule has 0 unspecified atom stereocenters. The van der Waals surface area contributed by atoms with E-state index in [1.807, 2.05) is 37.3 Å². The fourth-order valence-corrected chi connectivity index (χ4v) is 4.35. The summed E-state index contributed by atoms with van der Waals surface area (Å²) in [7, 11) is 0. The summed E-state index contributed by atoms with van der Waals surface area (Å²) >= 11 is 0. The number of nitrogens with two attached hydrogens (primary N) is 1. The highest BCUT2D eigenvalue weighted by atomic mass is 16.5. The number of benzene rings is 2. The van der Waals surface area contributed by atoms with Gasteiger partial charge in [0.2, 0.25) is 0 Å². The Morgan fingerprint density at radius 1 is 1.03 bits per heavy atom. The van der Waals surface area contributed by atoms with Crippen LogP contribution in [0.3, 0.4) is 0 Å². The summed E-state index contributed by atoms with van der Waals surface area (Å²) in [5.41, 5.74) is 9.71. The van der Waals surface area contributed by atoms with Crippen LogP contribution in [0, 0.1) is 0 Å². The number of aryl methyl sites for hydroxylation is 3. The molecule has 0 spiro atoms. The molecule has 34 heavy (non-hydrogen) atoms. The maximum absolute atomic E-state index is 12.0. The number of hydrogen-bond acceptors (Lipinski definition) is 7. The number of phenols is 2. The van der Waals surface area contributed by atoms with E-state index in [9.17, 15) is 15.0 Å². The molecule has 8 heteroatoms. The first kappa shape index (κ1) is 23.8. The van der Waals surface area contributed by atoms with Crippen LogP contribution in [0.25, 0.3) is 11.1 Å². The highest BCUT2D eigenvalue weighted by Crippen LogP contribution is 2.32. The van der Waals surface area contributed by atoms with Gasteiger partial charge in [0.1, 0.15) is 17.3 Å². The van der Waals surface area contributed by atoms with Crippen molar-refractivity contribution in [1.29, 1.82) is 0 Å². The minimum Gasteiger partial charge on any atom is -0.508 e. The first-order chi connectivity index (χ1) is 16.5. The Labute approximate surface area is 198 Å². The van der Waals surface area contributed by atoms with Crippen molar-refractivity contribution in [1.82, 2.24) is 10.1 Å². The summed E-state index contributed by atoms with van der Waals surface area (Å²) in [4.78, 5) is 14.4. The molecule has 1 amide bonds. The molecule has 8 nitrogen and oxygen atoms in total. The molecule has 1 aromatic heterocycles. The predicted molar refractivity (Wildman–Crippen MR) is 128 cm³/mol. The number of aromatic nitrogens is 1. The Morgan fingerprint density at radius 3 is 2.35 bits per heavy atom. The van der Waals surface area contributed by atoms with Gasteiger partial charge < -0.3 is 25.2 Å². The number of morpholine rings is 1. The van der Waals surface area contributed by atoms with E-state index < -0.39 is 5.91 Å². The van der Waals surface area contributed by atoms with Crippen molar-refractivity contribution >= 4 is 5.91 Å². The van der Waals surface area contributed by atoms with Crippen LogP contribution in [0.5, 0.6) is 11.5 Å². The highest BCUT2D eigenvalue weighted by Gasteiger charge is 2.22. The van der Waals surface area contributed by atoms with Crippen molar-refractivity contribution < 1.29 is 24.3 Å². The molecule has 0 saturated carbocycles. The van der Waals surface area contributed by atoms with Gasteiger partial charge in [0.25, 0.3) is 5.91 Å². The quantitative estimate of drug-likeness (QED) is 0.443. The second-order valence-electron chi connectivity index (χ2n) is 8.64. The zero-order valence-corrected chi connectivity index (χ0v) is 19.4. The van der Waals surface area contributed by atoms with Crippen molar-refractivity contribution in [3.8, 4) is 22.6 Å². The molecule has 0 radical (unpaired) electrons. The predicted octanol–water partition coefficient (Wildman–Crippen LogP) is 3.42. The monoisotopic (exact) mass is 465 g/mol. The van der Waals surface area contributed by atoms with Gasteiger partial charge in [0, 0.05) is 32.1 Å². The number of rotatable bonds is 9. The second-order valence-corrected chi connectivity index (χ2v) is 8.64. The Balaban J connectivity index is 1.55. The third-order valence-electron chi connectivity index (χ3n) is 6.17. The van der Waals surface area contributed by atoms with Gasteiger partial charge in [-0.25, -0.2) is 0 Å². The van der Waals surface area contributed by atoms with E-state index in [0.717, 1.165) is 56.8 Å². The van der Waals surface area contributed by atoms with Crippen LogP contribution in [-0.2, 0) is 30.5 Å². The van der Waals surface area contributed by atoms with E-state index in [0.29, 0.717) is 29.7 Å². The molecule has 0 atom stereocenters. The SMILES string of the molecule is CCCc1cc(CCc2onc(C(N)=O)c2-c2ccc(CN3CCOCC3)cc2)c(O)cc1O. The van der Waals surface area contributed by atoms with Crippen molar-refractivity contribution in [3.05, 3.63) is 64.5 Å². The molecular formula is C26H31N3O5. The Hall–Kier alpha value is -3.36. The largest absolute Gasteiger partial charge is 0.508 e. The highest BCUT2D eigenvalue weighted by molar-refractivity contribution is 5.98. The van der Waals surface area contributed by atoms with E-state index >= 15 is 0 Å². The first-order valence-electron chi connectivity index (χ1n) is 11.7. The van der Waals surface area contributed by atoms with Gasteiger partial charge in [-0.2, -0.15) is 0 Å². The van der Waals surface area contributed by atoms with Gasteiger partial charge in [-0.05, 0) is 41.2 Å². The van der Waals surface area contributed by atoms with E-state index in [-0.39, 0.29) is 17.2 Å². The molecule has 2 heterocycles. The molecule has 0 aliphatic carbocycles. The zero-order valence-electron chi connectivity index (χ0n) is 19.4. The van der Waals surface area contributed by atoms with Crippen molar-refractivity contribution in [2.24, 2.45) is 5.73 Å². The maximum atomic E-state index is 12.0. The lowest BCUT2D eigenvalue weighted by molar-refractivity contribution is 0.0342. The third kappa shape index (κ3) is 5.40. The van der Waals surface area contributed by atoms with Crippen LogP contribution < -0.4 is 5.73 Å². The van der Waals surface area contributed by atoms with Crippen molar-refractivity contribution in [3.63, 3.8) is 0 Å². The zero-order chi connectivity index (χ0) is 24.1. The van der Waals surface area contributed by atoms with Gasteiger partial charge in [-0.1, -0.05) is 42.8 Å². The average Bonchev–Trinajstić information content (AvgIpc) is 3.26. The maximum Gasteiger partial charge on any atom is 0.271 e. The Morgan fingerprint density at radius 2 is 1.71 bits per heavy atom. The number of hydrogen-bond donors (Lipinski definition) is 3. The standard InChI is InChI=1S/C26H31N3O5/c1-2-3-19-14-20(22(31)15-21(19)30)8-9-23-24(25(26(27)32)28-34-23)18-6-4-17(5-7-18)16-29-10-12-33-13-11-29/h4-7,14-15,30-31H,2-3,8-13,16H2,1H3,(H2,27,32). The average molecular weight is 466 g/mol. The number of primary amides is 1. The number of amides is 1. The van der Waals surface area contributed by atoms with Crippen LogP contribution >= 0.6 is 0 Å². The summed E-state index contributed by atoms with van der Waals surface area (Å²) in [6, 6.07) is 11.2. The molecule has 180 valence electrons. The third-order valence-corrected chi connectivity index (χ3v) is 6.17. The van der Waals surface area contributed by atoms with Gasteiger partial charge in [-0.15, -0.1) is 0 Å². The molecule has 4 rings (SSSR count). The summed E-state index contributed by atoms with van der Waals surface area (Å²) in [6.07, 6.45) is 2.47. The van der Waals surface area contributed by atoms with Crippen molar-refractivity contribution in [2.45, 2.75) is 39.2 Å². The summed E-state index contributed by atoms with van der Waals surface area (Å²) in [6.45, 7) is 6.19. The molecule has 4 N–H and O–H groups in total. The van der Waals surface area contributed by atoms with Crippen LogP contribution in [-0.4, -0.2) is 52.5 Å². The molecule has 1 fully saturated rings. The van der Waals surface area contributed by atoms with Gasteiger partial charge in [-0.3, -0.25) is 9.69 Å². The van der Waals surface area contributed by atoms with Gasteiger partial charge >= 0.3 is 0 Å². The number of aromatic hydroxyl groups is 2. The fraction of sp³-hybridized carbons (Fsp3) is 0.385. The Bertz CT molecular complexity index is 1130. The lowest BCUT2D eigenvalue weighted by Crippen LogP contribution is -2.35. The molecule has 1 saturated heterocycles. The molecule has 2 aromatic carbocycles. The number of phenolic OH excluding ortho intramolecular Hbond substituents is 2. The van der Waals surface area contributed by atoms with E-state index in [1.54, 1.807) is 0 Å². The normalized spacial score (nSPS) is 14.4. The van der Waals surface area contributed by atoms with Crippen LogP contribution in [0.2, 0.25) is 0 Å². The van der Waals surface area contributed by atoms with Gasteiger partial charge in [0.05, 0.1) is 18.8 Å².